The van der Waals surface area contributed by atoms with E-state index in [1.54, 1.807) is 0 Å². The predicted molar refractivity (Wildman–Crippen MR) is 71.4 cm³/mol. The van der Waals surface area contributed by atoms with Gasteiger partial charge in [-0.2, -0.15) is 0 Å². The number of amides is 1. The normalized spacial score (nSPS) is 24.8. The largest absolute Gasteiger partial charge is 0.341 e. The molecule has 1 atom stereocenters. The Morgan fingerprint density at radius 1 is 1.33 bits per heavy atom. The molecule has 1 aliphatic heterocycles. The van der Waals surface area contributed by atoms with Crippen LogP contribution in [0.25, 0.3) is 0 Å². The maximum Gasteiger partial charge on any atom is 0.233 e. The molecule has 1 heterocycles. The van der Waals surface area contributed by atoms with Gasteiger partial charge in [0.2, 0.25) is 5.91 Å². The van der Waals surface area contributed by atoms with Crippen molar-refractivity contribution in [3.8, 4) is 0 Å². The Hall–Kier alpha value is -1.35. The van der Waals surface area contributed by atoms with E-state index >= 15 is 0 Å². The van der Waals surface area contributed by atoms with Gasteiger partial charge in [0.15, 0.2) is 0 Å². The highest BCUT2D eigenvalue weighted by Gasteiger charge is 2.53. The number of likely N-dealkylation sites (N-methyl/N-ethyl adjacent to an activating group) is 1. The van der Waals surface area contributed by atoms with E-state index in [2.05, 4.69) is 17.4 Å². The molecule has 1 aromatic carbocycles. The van der Waals surface area contributed by atoms with Crippen LogP contribution in [-0.4, -0.2) is 37.0 Å². The topological polar surface area (TPSA) is 32.3 Å². The molecule has 1 saturated carbocycles. The number of nitrogens with zero attached hydrogens (tertiary/aromatic N) is 1. The average molecular weight is 244 g/mol. The van der Waals surface area contributed by atoms with Crippen molar-refractivity contribution in [3.05, 3.63) is 35.9 Å². The minimum atomic E-state index is -0.210. The molecule has 0 aromatic heterocycles. The van der Waals surface area contributed by atoms with Crippen molar-refractivity contribution in [1.82, 2.24) is 10.2 Å². The Labute approximate surface area is 108 Å². The average Bonchev–Trinajstić information content (AvgIpc) is 3.05. The number of hydrogen-bond acceptors (Lipinski definition) is 2. The summed E-state index contributed by atoms with van der Waals surface area (Å²) in [6, 6.07) is 10.6. The van der Waals surface area contributed by atoms with Crippen LogP contribution in [0.5, 0.6) is 0 Å². The third kappa shape index (κ3) is 1.83. The number of carbonyl (C=O) groups excluding carboxylic acids is 1. The maximum atomic E-state index is 12.7. The van der Waals surface area contributed by atoms with E-state index in [1.165, 1.54) is 5.56 Å². The fourth-order valence-corrected chi connectivity index (χ4v) is 2.98. The molecule has 0 radical (unpaired) electrons. The minimum Gasteiger partial charge on any atom is -0.341 e. The Morgan fingerprint density at radius 3 is 2.61 bits per heavy atom. The number of benzene rings is 1. The van der Waals surface area contributed by atoms with Crippen LogP contribution in [0.15, 0.2) is 30.3 Å². The van der Waals surface area contributed by atoms with E-state index in [4.69, 9.17) is 0 Å². The standard InChI is InChI=1S/C15H20N2O/c1-17(13-7-10-16-11-13)14(18)15(8-9-15)12-5-3-2-4-6-12/h2-6,13,16H,7-11H2,1H3. The fraction of sp³-hybridized carbons (Fsp3) is 0.533. The highest BCUT2D eigenvalue weighted by molar-refractivity contribution is 5.91. The summed E-state index contributed by atoms with van der Waals surface area (Å²) >= 11 is 0. The van der Waals surface area contributed by atoms with Crippen molar-refractivity contribution in [2.24, 2.45) is 0 Å². The molecule has 1 aromatic rings. The lowest BCUT2D eigenvalue weighted by atomic mass is 9.94. The van der Waals surface area contributed by atoms with Crippen LogP contribution >= 0.6 is 0 Å². The summed E-state index contributed by atoms with van der Waals surface area (Å²) in [5.74, 6) is 0.308. The molecule has 1 aliphatic carbocycles. The molecule has 96 valence electrons. The van der Waals surface area contributed by atoms with Gasteiger partial charge in [-0.15, -0.1) is 0 Å². The van der Waals surface area contributed by atoms with Crippen LogP contribution in [0.1, 0.15) is 24.8 Å². The third-order valence-corrected chi connectivity index (χ3v) is 4.39. The maximum absolute atomic E-state index is 12.7. The lowest BCUT2D eigenvalue weighted by molar-refractivity contribution is -0.134. The fourth-order valence-electron chi connectivity index (χ4n) is 2.98. The summed E-state index contributed by atoms with van der Waals surface area (Å²) in [7, 11) is 1.96. The molecule has 1 saturated heterocycles. The molecule has 3 nitrogen and oxygen atoms in total. The van der Waals surface area contributed by atoms with Crippen molar-refractivity contribution in [1.29, 1.82) is 0 Å². The zero-order valence-corrected chi connectivity index (χ0v) is 10.9. The van der Waals surface area contributed by atoms with Gasteiger partial charge in [-0.3, -0.25) is 4.79 Å². The van der Waals surface area contributed by atoms with Crippen molar-refractivity contribution >= 4 is 5.91 Å². The summed E-state index contributed by atoms with van der Waals surface area (Å²) in [6.07, 6.45) is 3.08. The van der Waals surface area contributed by atoms with Gasteiger partial charge in [-0.25, -0.2) is 0 Å². The first kappa shape index (κ1) is 11.7. The van der Waals surface area contributed by atoms with Gasteiger partial charge in [0.05, 0.1) is 5.41 Å². The van der Waals surface area contributed by atoms with Gasteiger partial charge in [0.25, 0.3) is 0 Å². The Morgan fingerprint density at radius 2 is 2.06 bits per heavy atom. The second kappa shape index (κ2) is 4.39. The van der Waals surface area contributed by atoms with E-state index in [-0.39, 0.29) is 5.41 Å². The van der Waals surface area contributed by atoms with Crippen molar-refractivity contribution < 1.29 is 4.79 Å². The monoisotopic (exact) mass is 244 g/mol. The number of rotatable bonds is 3. The van der Waals surface area contributed by atoms with Gasteiger partial charge >= 0.3 is 0 Å². The second-order valence-corrected chi connectivity index (χ2v) is 5.51. The molecule has 3 heteroatoms. The van der Waals surface area contributed by atoms with Crippen LogP contribution in [0.3, 0.4) is 0 Å². The first-order valence-electron chi connectivity index (χ1n) is 6.77. The van der Waals surface area contributed by atoms with Crippen molar-refractivity contribution in [3.63, 3.8) is 0 Å². The molecule has 2 fully saturated rings. The van der Waals surface area contributed by atoms with E-state index in [9.17, 15) is 4.79 Å². The highest BCUT2D eigenvalue weighted by Crippen LogP contribution is 2.49. The number of carbonyl (C=O) groups is 1. The first-order chi connectivity index (χ1) is 8.74. The van der Waals surface area contributed by atoms with Crippen LogP contribution < -0.4 is 5.32 Å². The molecule has 1 N–H and O–H groups in total. The van der Waals surface area contributed by atoms with E-state index in [0.29, 0.717) is 11.9 Å². The molecule has 3 rings (SSSR count). The molecule has 2 aliphatic rings. The SMILES string of the molecule is CN(C(=O)C1(c2ccccc2)CC1)C1CCNC1. The lowest BCUT2D eigenvalue weighted by Gasteiger charge is -2.28. The molecular formula is C15H20N2O. The molecule has 18 heavy (non-hydrogen) atoms. The van der Waals surface area contributed by atoms with E-state index in [1.807, 2.05) is 30.1 Å². The quantitative estimate of drug-likeness (QED) is 0.874. The molecule has 1 amide bonds. The summed E-state index contributed by atoms with van der Waals surface area (Å²) in [6.45, 7) is 1.97. The summed E-state index contributed by atoms with van der Waals surface area (Å²) in [4.78, 5) is 14.7. The van der Waals surface area contributed by atoms with E-state index in [0.717, 1.165) is 32.4 Å². The Balaban J connectivity index is 1.80. The summed E-state index contributed by atoms with van der Waals surface area (Å²) in [5.41, 5.74) is 0.978. The van der Waals surface area contributed by atoms with Gasteiger partial charge in [0.1, 0.15) is 0 Å². The van der Waals surface area contributed by atoms with Crippen LogP contribution in [0.2, 0.25) is 0 Å². The van der Waals surface area contributed by atoms with Crippen molar-refractivity contribution in [2.75, 3.05) is 20.1 Å². The highest BCUT2D eigenvalue weighted by atomic mass is 16.2. The number of nitrogens with one attached hydrogen (secondary N) is 1. The van der Waals surface area contributed by atoms with Crippen LogP contribution in [0, 0.1) is 0 Å². The summed E-state index contributed by atoms with van der Waals surface area (Å²) in [5, 5.41) is 3.33. The lowest BCUT2D eigenvalue weighted by Crippen LogP contribution is -2.44. The number of hydrogen-bond donors (Lipinski definition) is 1. The molecule has 1 unspecified atom stereocenters. The Bertz CT molecular complexity index is 433. The molecule has 0 spiro atoms. The second-order valence-electron chi connectivity index (χ2n) is 5.51. The zero-order valence-electron chi connectivity index (χ0n) is 10.9. The zero-order chi connectivity index (χ0) is 12.6. The Kier molecular flexibility index (Phi) is 2.86. The van der Waals surface area contributed by atoms with Gasteiger partial charge in [-0.1, -0.05) is 30.3 Å². The first-order valence-corrected chi connectivity index (χ1v) is 6.77. The van der Waals surface area contributed by atoms with Gasteiger partial charge in [-0.05, 0) is 31.4 Å². The van der Waals surface area contributed by atoms with E-state index < -0.39 is 0 Å². The summed E-state index contributed by atoms with van der Waals surface area (Å²) < 4.78 is 0. The van der Waals surface area contributed by atoms with Gasteiger partial charge < -0.3 is 10.2 Å². The van der Waals surface area contributed by atoms with Crippen molar-refractivity contribution in [2.45, 2.75) is 30.7 Å². The smallest absolute Gasteiger partial charge is 0.233 e. The van der Waals surface area contributed by atoms with Gasteiger partial charge in [0, 0.05) is 19.6 Å². The predicted octanol–water partition coefficient (Wildman–Crippen LogP) is 1.54. The minimum absolute atomic E-state index is 0.210. The molecular weight excluding hydrogens is 224 g/mol. The third-order valence-electron chi connectivity index (χ3n) is 4.39. The van der Waals surface area contributed by atoms with Crippen LogP contribution in [0.4, 0.5) is 0 Å². The molecule has 0 bridgehead atoms. The van der Waals surface area contributed by atoms with Crippen LogP contribution in [-0.2, 0) is 10.2 Å².